The maximum Gasteiger partial charge on any atom is 0.246 e. The molecule has 0 rings (SSSR count). The van der Waals surface area contributed by atoms with Gasteiger partial charge in [0.25, 0.3) is 0 Å². The molecule has 14 heavy (non-hydrogen) atoms. The van der Waals surface area contributed by atoms with Gasteiger partial charge in [-0.3, -0.25) is 4.79 Å². The van der Waals surface area contributed by atoms with Crippen molar-refractivity contribution in [3.63, 3.8) is 0 Å². The topological polar surface area (TPSA) is 47.6 Å². The molecule has 1 amide bonds. The van der Waals surface area contributed by atoms with Crippen molar-refractivity contribution in [3.05, 3.63) is 0 Å². The molecule has 0 bridgehead atoms. The highest BCUT2D eigenvalue weighted by Gasteiger charge is 2.07. The Labute approximate surface area is 86.0 Å². The maximum absolute atomic E-state index is 11.2. The highest BCUT2D eigenvalue weighted by Crippen LogP contribution is 1.92. The van der Waals surface area contributed by atoms with E-state index in [-0.39, 0.29) is 24.7 Å². The molecule has 0 aromatic rings. The van der Waals surface area contributed by atoms with Crippen molar-refractivity contribution in [1.29, 1.82) is 0 Å². The predicted octanol–water partition coefficient (Wildman–Crippen LogP) is 0.953. The van der Waals surface area contributed by atoms with Crippen LogP contribution in [0, 0.1) is 0 Å². The molecule has 84 valence electrons. The minimum absolute atomic E-state index is 0.0673. The molecule has 1 unspecified atom stereocenters. The van der Waals surface area contributed by atoms with E-state index in [2.05, 4.69) is 5.32 Å². The molecule has 0 aliphatic heterocycles. The van der Waals surface area contributed by atoms with Crippen LogP contribution < -0.4 is 5.32 Å². The van der Waals surface area contributed by atoms with Gasteiger partial charge in [0.05, 0.1) is 6.10 Å². The highest BCUT2D eigenvalue weighted by atomic mass is 16.5. The van der Waals surface area contributed by atoms with Gasteiger partial charge in [-0.15, -0.1) is 0 Å². The second-order valence-corrected chi connectivity index (χ2v) is 3.61. The molecule has 0 spiro atoms. The number of methoxy groups -OCH3 is 1. The van der Waals surface area contributed by atoms with Crippen molar-refractivity contribution in [2.75, 3.05) is 20.3 Å². The van der Waals surface area contributed by atoms with Gasteiger partial charge >= 0.3 is 0 Å². The van der Waals surface area contributed by atoms with Crippen LogP contribution in [-0.2, 0) is 14.3 Å². The fraction of sp³-hybridized carbons (Fsp3) is 0.900. The van der Waals surface area contributed by atoms with Crippen LogP contribution in [0.3, 0.4) is 0 Å². The number of carbonyl (C=O) groups is 1. The van der Waals surface area contributed by atoms with Crippen molar-refractivity contribution in [2.24, 2.45) is 0 Å². The number of amides is 1. The Bertz CT molecular complexity index is 159. The van der Waals surface area contributed by atoms with Gasteiger partial charge in [-0.25, -0.2) is 0 Å². The molecule has 0 saturated heterocycles. The largest absolute Gasteiger partial charge is 0.385 e. The number of hydrogen-bond acceptors (Lipinski definition) is 3. The van der Waals surface area contributed by atoms with Crippen LogP contribution >= 0.6 is 0 Å². The van der Waals surface area contributed by atoms with E-state index < -0.39 is 0 Å². The molecule has 0 fully saturated rings. The lowest BCUT2D eigenvalue weighted by molar-refractivity contribution is -0.127. The molecule has 0 aromatic carbocycles. The van der Waals surface area contributed by atoms with Crippen molar-refractivity contribution < 1.29 is 14.3 Å². The van der Waals surface area contributed by atoms with Crippen LogP contribution in [0.5, 0.6) is 0 Å². The van der Waals surface area contributed by atoms with Crippen LogP contribution in [-0.4, -0.2) is 38.4 Å². The third kappa shape index (κ3) is 8.01. The lowest BCUT2D eigenvalue weighted by Gasteiger charge is -2.14. The van der Waals surface area contributed by atoms with Gasteiger partial charge in [0.15, 0.2) is 0 Å². The summed E-state index contributed by atoms with van der Waals surface area (Å²) in [6.07, 6.45) is 0.916. The first-order valence-electron chi connectivity index (χ1n) is 4.96. The summed E-state index contributed by atoms with van der Waals surface area (Å²) in [5, 5.41) is 2.83. The summed E-state index contributed by atoms with van der Waals surface area (Å²) in [6, 6.07) is 0.137. The lowest BCUT2D eigenvalue weighted by atomic mass is 10.2. The molecule has 4 nitrogen and oxygen atoms in total. The zero-order chi connectivity index (χ0) is 11.0. The van der Waals surface area contributed by atoms with Crippen LogP contribution in [0.15, 0.2) is 0 Å². The van der Waals surface area contributed by atoms with E-state index in [1.54, 1.807) is 7.11 Å². The molecule has 0 aliphatic rings. The summed E-state index contributed by atoms with van der Waals surface area (Å²) < 4.78 is 10.1. The van der Waals surface area contributed by atoms with E-state index in [0.29, 0.717) is 6.61 Å². The Kier molecular flexibility index (Phi) is 7.42. The van der Waals surface area contributed by atoms with Crippen molar-refractivity contribution >= 4 is 5.91 Å². The summed E-state index contributed by atoms with van der Waals surface area (Å²) in [5.74, 6) is -0.0673. The van der Waals surface area contributed by atoms with Gasteiger partial charge in [-0.1, -0.05) is 0 Å². The normalized spacial score (nSPS) is 12.9. The number of carbonyl (C=O) groups excluding carboxylic acids is 1. The molecule has 0 heterocycles. The average Bonchev–Trinajstić information content (AvgIpc) is 2.11. The molecular formula is C10H21NO3. The maximum atomic E-state index is 11.2. The minimum Gasteiger partial charge on any atom is -0.385 e. The smallest absolute Gasteiger partial charge is 0.246 e. The number of hydrogen-bond donors (Lipinski definition) is 1. The second-order valence-electron chi connectivity index (χ2n) is 3.61. The molecular weight excluding hydrogens is 182 g/mol. The van der Waals surface area contributed by atoms with Crippen LogP contribution in [0.4, 0.5) is 0 Å². The zero-order valence-corrected chi connectivity index (χ0v) is 9.50. The van der Waals surface area contributed by atoms with Crippen LogP contribution in [0.25, 0.3) is 0 Å². The van der Waals surface area contributed by atoms with E-state index >= 15 is 0 Å². The molecule has 0 radical (unpaired) electrons. The van der Waals surface area contributed by atoms with Gasteiger partial charge in [0, 0.05) is 19.8 Å². The zero-order valence-electron chi connectivity index (χ0n) is 9.50. The molecule has 0 saturated carbocycles. The van der Waals surface area contributed by atoms with Gasteiger partial charge in [0.1, 0.15) is 6.61 Å². The third-order valence-corrected chi connectivity index (χ3v) is 1.71. The molecule has 1 N–H and O–H groups in total. The van der Waals surface area contributed by atoms with Gasteiger partial charge in [-0.05, 0) is 27.2 Å². The predicted molar refractivity (Wildman–Crippen MR) is 55.2 cm³/mol. The summed E-state index contributed by atoms with van der Waals surface area (Å²) in [4.78, 5) is 11.2. The second kappa shape index (κ2) is 7.76. The summed E-state index contributed by atoms with van der Waals surface area (Å²) >= 11 is 0. The fourth-order valence-electron chi connectivity index (χ4n) is 0.926. The first kappa shape index (κ1) is 13.4. The quantitative estimate of drug-likeness (QED) is 0.670. The van der Waals surface area contributed by atoms with E-state index in [9.17, 15) is 4.79 Å². The molecule has 0 aliphatic carbocycles. The monoisotopic (exact) mass is 203 g/mol. The van der Waals surface area contributed by atoms with Gasteiger partial charge < -0.3 is 14.8 Å². The summed E-state index contributed by atoms with van der Waals surface area (Å²) in [7, 11) is 1.65. The van der Waals surface area contributed by atoms with E-state index in [0.717, 1.165) is 6.42 Å². The van der Waals surface area contributed by atoms with Crippen molar-refractivity contribution in [1.82, 2.24) is 5.32 Å². The molecule has 4 heteroatoms. The highest BCUT2D eigenvalue weighted by molar-refractivity contribution is 5.77. The SMILES string of the molecule is COCCC(C)NC(=O)COC(C)C. The Morgan fingerprint density at radius 1 is 1.36 bits per heavy atom. The molecule has 1 atom stereocenters. The van der Waals surface area contributed by atoms with Crippen LogP contribution in [0.2, 0.25) is 0 Å². The van der Waals surface area contributed by atoms with Gasteiger partial charge in [0.2, 0.25) is 5.91 Å². The average molecular weight is 203 g/mol. The number of ether oxygens (including phenoxy) is 2. The summed E-state index contributed by atoms with van der Waals surface area (Å²) in [6.45, 7) is 6.55. The van der Waals surface area contributed by atoms with E-state index in [1.165, 1.54) is 0 Å². The fourth-order valence-corrected chi connectivity index (χ4v) is 0.926. The number of rotatable bonds is 7. The first-order chi connectivity index (χ1) is 6.56. The first-order valence-corrected chi connectivity index (χ1v) is 4.96. The summed E-state index contributed by atoms with van der Waals surface area (Å²) in [5.41, 5.74) is 0. The Morgan fingerprint density at radius 3 is 2.50 bits per heavy atom. The van der Waals surface area contributed by atoms with Crippen LogP contribution in [0.1, 0.15) is 27.2 Å². The van der Waals surface area contributed by atoms with Crippen molar-refractivity contribution in [3.8, 4) is 0 Å². The van der Waals surface area contributed by atoms with E-state index in [4.69, 9.17) is 9.47 Å². The van der Waals surface area contributed by atoms with Crippen molar-refractivity contribution in [2.45, 2.75) is 39.3 Å². The Balaban J connectivity index is 3.50. The van der Waals surface area contributed by atoms with Gasteiger partial charge in [-0.2, -0.15) is 0 Å². The Morgan fingerprint density at radius 2 is 2.00 bits per heavy atom. The molecule has 0 aromatic heterocycles. The lowest BCUT2D eigenvalue weighted by Crippen LogP contribution is -2.36. The standard InChI is InChI=1S/C10H21NO3/c1-8(2)14-7-10(12)11-9(3)5-6-13-4/h8-9H,5-7H2,1-4H3,(H,11,12). The minimum atomic E-state index is -0.0673. The third-order valence-electron chi connectivity index (χ3n) is 1.71. The number of nitrogens with one attached hydrogen (secondary N) is 1. The Hall–Kier alpha value is -0.610. The van der Waals surface area contributed by atoms with E-state index in [1.807, 2.05) is 20.8 Å².